The van der Waals surface area contributed by atoms with Crippen molar-refractivity contribution in [3.05, 3.63) is 65.0 Å². The molecule has 1 aromatic carbocycles. The maximum absolute atomic E-state index is 11.9. The van der Waals surface area contributed by atoms with Gasteiger partial charge < -0.3 is 4.74 Å². The van der Waals surface area contributed by atoms with E-state index >= 15 is 0 Å². The maximum Gasteiger partial charge on any atom is 0.259 e. The Balaban J connectivity index is 1.77. The summed E-state index contributed by atoms with van der Waals surface area (Å²) < 4.78 is 5.41. The quantitative estimate of drug-likeness (QED) is 0.725. The first-order chi connectivity index (χ1) is 10.3. The van der Waals surface area contributed by atoms with E-state index in [0.717, 1.165) is 0 Å². The van der Waals surface area contributed by atoms with Gasteiger partial charge in [-0.15, -0.1) is 0 Å². The number of hydrogen-bond donors (Lipinski definition) is 1. The zero-order valence-electron chi connectivity index (χ0n) is 11.0. The standard InChI is InChI=1S/C16H11N3O2/c20-16-13-4-1-2-5-14(13)18-15(19-16)6-3-11-21-12-7-9-17-10-8-12/h1-2,4-5,7-10H,11H2,(H,18,19,20). The van der Waals surface area contributed by atoms with Gasteiger partial charge in [0.1, 0.15) is 12.4 Å². The highest BCUT2D eigenvalue weighted by Crippen LogP contribution is 2.06. The van der Waals surface area contributed by atoms with Gasteiger partial charge in [-0.1, -0.05) is 18.1 Å². The molecule has 1 N–H and O–H groups in total. The molecule has 0 radical (unpaired) electrons. The monoisotopic (exact) mass is 277 g/mol. The Bertz CT molecular complexity index is 876. The Labute approximate surface area is 120 Å². The number of aromatic amines is 1. The Morgan fingerprint density at radius 2 is 1.95 bits per heavy atom. The fourth-order valence-electron chi connectivity index (χ4n) is 1.82. The number of ether oxygens (including phenoxy) is 1. The molecule has 0 aliphatic rings. The third kappa shape index (κ3) is 3.07. The highest BCUT2D eigenvalue weighted by atomic mass is 16.5. The van der Waals surface area contributed by atoms with Crippen LogP contribution in [0.5, 0.6) is 5.75 Å². The van der Waals surface area contributed by atoms with Crippen LogP contribution in [-0.2, 0) is 0 Å². The Morgan fingerprint density at radius 3 is 2.81 bits per heavy atom. The molecule has 5 nitrogen and oxygen atoms in total. The predicted octanol–water partition coefficient (Wildman–Crippen LogP) is 1.75. The van der Waals surface area contributed by atoms with Crippen molar-refractivity contribution in [2.45, 2.75) is 0 Å². The van der Waals surface area contributed by atoms with Crippen LogP contribution in [0.1, 0.15) is 5.82 Å². The van der Waals surface area contributed by atoms with Crippen molar-refractivity contribution < 1.29 is 4.74 Å². The number of para-hydroxylation sites is 1. The van der Waals surface area contributed by atoms with E-state index in [2.05, 4.69) is 26.8 Å². The molecule has 0 aliphatic carbocycles. The summed E-state index contributed by atoms with van der Waals surface area (Å²) in [6.07, 6.45) is 3.29. The lowest BCUT2D eigenvalue weighted by Gasteiger charge is -1.99. The van der Waals surface area contributed by atoms with Gasteiger partial charge in [0.15, 0.2) is 5.82 Å². The van der Waals surface area contributed by atoms with E-state index in [4.69, 9.17) is 4.74 Å². The summed E-state index contributed by atoms with van der Waals surface area (Å²) in [5.74, 6) is 6.63. The van der Waals surface area contributed by atoms with Gasteiger partial charge in [0.05, 0.1) is 10.9 Å². The molecule has 2 aromatic heterocycles. The zero-order valence-corrected chi connectivity index (χ0v) is 11.0. The summed E-state index contributed by atoms with van der Waals surface area (Å²) in [4.78, 5) is 22.7. The SMILES string of the molecule is O=c1[nH]c(C#CCOc2ccncc2)nc2ccccc12. The minimum absolute atomic E-state index is 0.194. The lowest BCUT2D eigenvalue weighted by atomic mass is 10.2. The topological polar surface area (TPSA) is 67.9 Å². The van der Waals surface area contributed by atoms with Crippen molar-refractivity contribution >= 4 is 10.9 Å². The van der Waals surface area contributed by atoms with Gasteiger partial charge in [0.2, 0.25) is 0 Å². The largest absolute Gasteiger partial charge is 0.481 e. The number of H-pyrrole nitrogens is 1. The van der Waals surface area contributed by atoms with Crippen LogP contribution in [0.25, 0.3) is 10.9 Å². The minimum Gasteiger partial charge on any atom is -0.481 e. The highest BCUT2D eigenvalue weighted by Gasteiger charge is 2.00. The lowest BCUT2D eigenvalue weighted by Crippen LogP contribution is -2.10. The molecule has 0 unspecified atom stereocenters. The number of hydrogen-bond acceptors (Lipinski definition) is 4. The summed E-state index contributed by atoms with van der Waals surface area (Å²) in [5, 5.41) is 0.552. The molecule has 102 valence electrons. The molecular weight excluding hydrogens is 266 g/mol. The average molecular weight is 277 g/mol. The molecule has 0 fully saturated rings. The summed E-state index contributed by atoms with van der Waals surface area (Å²) in [7, 11) is 0. The van der Waals surface area contributed by atoms with Crippen molar-refractivity contribution in [3.63, 3.8) is 0 Å². The van der Waals surface area contributed by atoms with Crippen LogP contribution in [0.2, 0.25) is 0 Å². The molecular formula is C16H11N3O2. The first-order valence-electron chi connectivity index (χ1n) is 6.34. The summed E-state index contributed by atoms with van der Waals surface area (Å²) >= 11 is 0. The molecule has 0 spiro atoms. The first kappa shape index (κ1) is 12.9. The van der Waals surface area contributed by atoms with E-state index in [1.165, 1.54) is 0 Å². The normalized spacial score (nSPS) is 9.90. The number of aromatic nitrogens is 3. The van der Waals surface area contributed by atoms with Crippen LogP contribution in [-0.4, -0.2) is 21.6 Å². The van der Waals surface area contributed by atoms with Crippen LogP contribution < -0.4 is 10.3 Å². The molecule has 2 heterocycles. The Hall–Kier alpha value is -3.13. The van der Waals surface area contributed by atoms with Gasteiger partial charge >= 0.3 is 0 Å². The molecule has 3 rings (SSSR count). The van der Waals surface area contributed by atoms with Gasteiger partial charge in [0.25, 0.3) is 5.56 Å². The zero-order chi connectivity index (χ0) is 14.5. The fraction of sp³-hybridized carbons (Fsp3) is 0.0625. The highest BCUT2D eigenvalue weighted by molar-refractivity contribution is 5.77. The van der Waals surface area contributed by atoms with Crippen LogP contribution in [0.4, 0.5) is 0 Å². The van der Waals surface area contributed by atoms with Crippen LogP contribution >= 0.6 is 0 Å². The number of fused-ring (bicyclic) bond motifs is 1. The van der Waals surface area contributed by atoms with E-state index in [0.29, 0.717) is 22.5 Å². The van der Waals surface area contributed by atoms with E-state index in [9.17, 15) is 4.79 Å². The van der Waals surface area contributed by atoms with Gasteiger partial charge in [-0.3, -0.25) is 14.8 Å². The lowest BCUT2D eigenvalue weighted by molar-refractivity contribution is 0.370. The average Bonchev–Trinajstić information content (AvgIpc) is 2.53. The molecule has 0 saturated heterocycles. The van der Waals surface area contributed by atoms with Crippen LogP contribution in [0.15, 0.2) is 53.6 Å². The molecule has 21 heavy (non-hydrogen) atoms. The van der Waals surface area contributed by atoms with Gasteiger partial charge in [-0.2, -0.15) is 0 Å². The van der Waals surface area contributed by atoms with Crippen LogP contribution in [0.3, 0.4) is 0 Å². The number of rotatable bonds is 2. The van der Waals surface area contributed by atoms with Crippen LogP contribution in [0, 0.1) is 11.8 Å². The second-order valence-electron chi connectivity index (χ2n) is 4.21. The smallest absolute Gasteiger partial charge is 0.259 e. The minimum atomic E-state index is -0.194. The van der Waals surface area contributed by atoms with E-state index in [-0.39, 0.29) is 12.2 Å². The molecule has 3 aromatic rings. The molecule has 0 saturated carbocycles. The van der Waals surface area contributed by atoms with Crippen molar-refractivity contribution in [1.82, 2.24) is 15.0 Å². The van der Waals surface area contributed by atoms with E-state index in [1.807, 2.05) is 6.07 Å². The molecule has 0 amide bonds. The molecule has 0 aliphatic heterocycles. The number of nitrogens with one attached hydrogen (secondary N) is 1. The second kappa shape index (κ2) is 5.88. The van der Waals surface area contributed by atoms with Gasteiger partial charge in [-0.25, -0.2) is 4.98 Å². The summed E-state index contributed by atoms with van der Waals surface area (Å²) in [6.45, 7) is 0.209. The van der Waals surface area contributed by atoms with Crippen molar-refractivity contribution in [3.8, 4) is 17.6 Å². The third-order valence-electron chi connectivity index (χ3n) is 2.78. The third-order valence-corrected chi connectivity index (χ3v) is 2.78. The summed E-state index contributed by atoms with van der Waals surface area (Å²) in [5.41, 5.74) is 0.431. The first-order valence-corrected chi connectivity index (χ1v) is 6.34. The number of benzene rings is 1. The Kier molecular flexibility index (Phi) is 3.61. The van der Waals surface area contributed by atoms with Crippen molar-refractivity contribution in [2.75, 3.05) is 6.61 Å². The summed E-state index contributed by atoms with van der Waals surface area (Å²) in [6, 6.07) is 10.6. The predicted molar refractivity (Wildman–Crippen MR) is 79.0 cm³/mol. The fourth-order valence-corrected chi connectivity index (χ4v) is 1.82. The molecule has 0 bridgehead atoms. The molecule has 0 atom stereocenters. The van der Waals surface area contributed by atoms with Gasteiger partial charge in [-0.05, 0) is 30.2 Å². The number of nitrogens with zero attached hydrogens (tertiary/aromatic N) is 2. The van der Waals surface area contributed by atoms with Crippen molar-refractivity contribution in [2.24, 2.45) is 0 Å². The van der Waals surface area contributed by atoms with E-state index < -0.39 is 0 Å². The van der Waals surface area contributed by atoms with E-state index in [1.54, 1.807) is 42.7 Å². The second-order valence-corrected chi connectivity index (χ2v) is 4.21. The molecule has 5 heteroatoms. The Morgan fingerprint density at radius 1 is 1.14 bits per heavy atom. The maximum atomic E-state index is 11.9. The van der Waals surface area contributed by atoms with Gasteiger partial charge in [0, 0.05) is 12.4 Å². The van der Waals surface area contributed by atoms with Crippen molar-refractivity contribution in [1.29, 1.82) is 0 Å². The number of pyridine rings is 1.